The first-order chi connectivity index (χ1) is 39.6. The fraction of sp³-hybridized carbons (Fsp3) is 0.667. The Balaban J connectivity index is 0.000000161. The van der Waals surface area contributed by atoms with Crippen molar-refractivity contribution in [2.24, 2.45) is 71.0 Å². The van der Waals surface area contributed by atoms with E-state index in [1.165, 1.54) is 25.2 Å². The topological polar surface area (TPSA) is 346 Å². The average Bonchev–Trinajstić information content (AvgIpc) is 1.75. The second-order valence-corrected chi connectivity index (χ2v) is 24.3. The van der Waals surface area contributed by atoms with Gasteiger partial charge in [0.15, 0.2) is 5.78 Å². The highest BCUT2D eigenvalue weighted by Gasteiger charge is 2.57. The molecule has 0 aromatic heterocycles. The third-order valence-corrected chi connectivity index (χ3v) is 18.9. The lowest BCUT2D eigenvalue weighted by atomic mass is 9.61. The number of allylic oxidation sites excluding steroid dienone is 3. The van der Waals surface area contributed by atoms with Crippen LogP contribution >= 0.6 is 0 Å². The van der Waals surface area contributed by atoms with Gasteiger partial charge in [-0.1, -0.05) is 47.1 Å². The molecule has 6 fully saturated rings. The summed E-state index contributed by atoms with van der Waals surface area (Å²) in [6.45, 7) is 13.2. The highest BCUT2D eigenvalue weighted by molar-refractivity contribution is 5.88. The highest BCUT2D eigenvalue weighted by Crippen LogP contribution is 2.53. The van der Waals surface area contributed by atoms with Crippen molar-refractivity contribution < 1.29 is 77.0 Å². The van der Waals surface area contributed by atoms with E-state index in [9.17, 15) is 78.8 Å². The second kappa shape index (κ2) is 27.1. The van der Waals surface area contributed by atoms with Crippen molar-refractivity contribution in [3.63, 3.8) is 0 Å². The van der Waals surface area contributed by atoms with E-state index >= 15 is 0 Å². The maximum Gasteiger partial charge on any atom is 0.331 e. The third-order valence-electron chi connectivity index (χ3n) is 18.9. The third kappa shape index (κ3) is 14.4. The van der Waals surface area contributed by atoms with E-state index in [0.717, 1.165) is 22.3 Å². The summed E-state index contributed by atoms with van der Waals surface area (Å²) in [4.78, 5) is 137. The normalized spacial score (nSPS) is 36.3. The molecule has 7 aliphatic carbocycles. The molecule has 24 nitrogen and oxygen atoms in total. The smallest absolute Gasteiger partial charge is 0.331 e. The van der Waals surface area contributed by atoms with Crippen LogP contribution < -0.4 is 0 Å². The first-order valence-electron chi connectivity index (χ1n) is 29.1. The number of ketones is 4. The standard InChI is InChI=1S/4C15H19NO5/c3*1-7(17)13-11-4-3-10(16(19)20)5-9(11)6-12-14(13)8(2)21-15(12)18;1-11(17)6-7-12(2)21-15(18)9-8-13-4-3-5-14(10-13)16(19)20/h3*6,8,10-14H,3-5H2,1-2H3;4,6-9,12,14H,3,5,10H2,1-2H3/b;;;7-6-,9-8+/t8-,10?,11-,12+,13+,14-;8-,10?,11-,12-,13+,14-;8-,10-,11-,12-,13+,14-;12-,14?/m1111/s1. The van der Waals surface area contributed by atoms with E-state index in [2.05, 4.69) is 0 Å². The van der Waals surface area contributed by atoms with E-state index in [1.54, 1.807) is 33.8 Å². The van der Waals surface area contributed by atoms with Gasteiger partial charge >= 0.3 is 23.9 Å². The zero-order valence-electron chi connectivity index (χ0n) is 48.6. The van der Waals surface area contributed by atoms with Crippen molar-refractivity contribution in [2.75, 3.05) is 0 Å². The van der Waals surface area contributed by atoms with Gasteiger partial charge < -0.3 is 18.9 Å². The van der Waals surface area contributed by atoms with Gasteiger partial charge in [0.05, 0.1) is 17.8 Å². The molecule has 0 aromatic carbocycles. The molecule has 3 saturated heterocycles. The molecule has 10 rings (SSSR count). The molecule has 0 amide bonds. The van der Waals surface area contributed by atoms with E-state index in [-0.39, 0.29) is 132 Å². The SMILES string of the molecule is CC(=O)/C=C\[C@@H](C)OC(=O)/C=C/C1=CCCC([N+](=O)[O-])C1.CC(=O)[C@@H]1[C@@H]2[C@@H](C)OC(=O)[C@@H]2C=C2CC([N+](=O)[O-])CC[C@H]21.CC(=O)[C@@H]1[C@@H]2[C@@H](C)OC(=O)[C@@H]2C=C2C[C@H]([N+](=O)[O-])CC[C@H]21.CC(=O)[C@@H]1[C@H]2[C@H](C=C3CC([N+](=O)[O-])CC[C@H]31)C(=O)O[C@@H]2C. The summed E-state index contributed by atoms with van der Waals surface area (Å²) in [6.07, 6.45) is 17.8. The molecule has 0 spiro atoms. The molecule has 0 N–H and O–H groups in total. The van der Waals surface area contributed by atoms with E-state index < -0.39 is 54.0 Å². The number of nitrogens with zero attached hydrogens (tertiary/aromatic N) is 4. The summed E-state index contributed by atoms with van der Waals surface area (Å²) in [7, 11) is 0. The number of fused-ring (bicyclic) bond motifs is 6. The summed E-state index contributed by atoms with van der Waals surface area (Å²) in [6, 6.07) is -2.35. The summed E-state index contributed by atoms with van der Waals surface area (Å²) in [5.41, 5.74) is 3.51. The van der Waals surface area contributed by atoms with Crippen LogP contribution in [0.15, 0.2) is 70.9 Å². The Morgan fingerprint density at radius 1 is 0.524 bits per heavy atom. The maximum atomic E-state index is 12.1. The van der Waals surface area contributed by atoms with Crippen molar-refractivity contribution in [1.82, 2.24) is 0 Å². The van der Waals surface area contributed by atoms with Crippen LogP contribution in [-0.2, 0) is 57.3 Å². The molecule has 0 radical (unpaired) electrons. The second-order valence-electron chi connectivity index (χ2n) is 24.3. The number of hydrogen-bond acceptors (Lipinski definition) is 20. The summed E-state index contributed by atoms with van der Waals surface area (Å²) < 4.78 is 20.9. The zero-order chi connectivity index (χ0) is 61.8. The molecule has 3 aliphatic heterocycles. The van der Waals surface area contributed by atoms with E-state index in [1.807, 2.05) is 45.1 Å². The predicted molar refractivity (Wildman–Crippen MR) is 296 cm³/mol. The lowest BCUT2D eigenvalue weighted by Gasteiger charge is -2.40. The molecule has 3 saturated carbocycles. The van der Waals surface area contributed by atoms with Crippen LogP contribution in [0, 0.1) is 111 Å². The minimum absolute atomic E-state index is 0.0388. The van der Waals surface area contributed by atoms with Gasteiger partial charge in [-0.25, -0.2) is 4.79 Å². The highest BCUT2D eigenvalue weighted by atomic mass is 16.6. The van der Waals surface area contributed by atoms with Gasteiger partial charge in [0.1, 0.15) is 41.8 Å². The van der Waals surface area contributed by atoms with Crippen LogP contribution in [0.25, 0.3) is 0 Å². The Kier molecular flexibility index (Phi) is 20.7. The van der Waals surface area contributed by atoms with Gasteiger partial charge in [0, 0.05) is 113 Å². The number of esters is 4. The summed E-state index contributed by atoms with van der Waals surface area (Å²) in [5.74, 6) is -3.58. The number of Topliss-reactive ketones (excluding diaryl/α,β-unsaturated/α-hetero) is 3. The Bertz CT molecular complexity index is 2660. The Labute approximate surface area is 485 Å². The largest absolute Gasteiger partial charge is 0.462 e. The number of nitro groups is 4. The number of ether oxygens (including phenoxy) is 4. The fourth-order valence-electron chi connectivity index (χ4n) is 15.1. The molecular weight excluding hydrogens is 1100 g/mol. The molecule has 24 heteroatoms. The monoisotopic (exact) mass is 1170 g/mol. The molecule has 20 atom stereocenters. The van der Waals surface area contributed by atoms with Crippen LogP contribution in [0.3, 0.4) is 0 Å². The lowest BCUT2D eigenvalue weighted by molar-refractivity contribution is -0.525. The quantitative estimate of drug-likeness (QED) is 0.0452. The van der Waals surface area contributed by atoms with Gasteiger partial charge in [-0.3, -0.25) is 74.0 Å². The molecule has 84 heavy (non-hydrogen) atoms. The van der Waals surface area contributed by atoms with Gasteiger partial charge in [-0.2, -0.15) is 0 Å². The lowest BCUT2D eigenvalue weighted by Crippen LogP contribution is -2.43. The number of carbonyl (C=O) groups is 8. The van der Waals surface area contributed by atoms with Gasteiger partial charge in [0.2, 0.25) is 24.2 Å². The number of hydrogen-bond donors (Lipinski definition) is 0. The van der Waals surface area contributed by atoms with Crippen LogP contribution in [0.4, 0.5) is 0 Å². The number of carbonyl (C=O) groups excluding carboxylic acids is 8. The van der Waals surface area contributed by atoms with Crippen molar-refractivity contribution in [3.8, 4) is 0 Å². The molecule has 10 aliphatic rings. The first kappa shape index (κ1) is 64.2. The molecule has 0 bridgehead atoms. The summed E-state index contributed by atoms with van der Waals surface area (Å²) in [5, 5.41) is 43.8. The van der Waals surface area contributed by atoms with Crippen LogP contribution in [0.1, 0.15) is 132 Å². The molecule has 3 unspecified atom stereocenters. The molecule has 3 heterocycles. The maximum absolute atomic E-state index is 12.1. The van der Waals surface area contributed by atoms with E-state index in [0.29, 0.717) is 77.0 Å². The Hall–Kier alpha value is -7.40. The van der Waals surface area contributed by atoms with Gasteiger partial charge in [-0.15, -0.1) is 0 Å². The average molecular weight is 1170 g/mol. The number of rotatable bonds is 12. The summed E-state index contributed by atoms with van der Waals surface area (Å²) >= 11 is 0. The Morgan fingerprint density at radius 2 is 0.857 bits per heavy atom. The Morgan fingerprint density at radius 3 is 1.17 bits per heavy atom. The molecule has 456 valence electrons. The van der Waals surface area contributed by atoms with Gasteiger partial charge in [0.25, 0.3) is 0 Å². The number of cyclic esters (lactones) is 3. The first-order valence-corrected chi connectivity index (χ1v) is 29.1. The predicted octanol–water partition coefficient (Wildman–Crippen LogP) is 7.64. The van der Waals surface area contributed by atoms with Crippen LogP contribution in [0.2, 0.25) is 0 Å². The fourth-order valence-corrected chi connectivity index (χ4v) is 15.1. The van der Waals surface area contributed by atoms with Crippen molar-refractivity contribution in [2.45, 2.75) is 181 Å². The van der Waals surface area contributed by atoms with Crippen molar-refractivity contribution in [1.29, 1.82) is 0 Å². The van der Waals surface area contributed by atoms with Crippen LogP contribution in [0.5, 0.6) is 0 Å². The zero-order valence-corrected chi connectivity index (χ0v) is 48.6. The minimum Gasteiger partial charge on any atom is -0.462 e. The van der Waals surface area contributed by atoms with Crippen LogP contribution in [-0.4, -0.2) is 115 Å². The van der Waals surface area contributed by atoms with Gasteiger partial charge in [-0.05, 0) is 117 Å². The molecule has 0 aromatic rings. The molecular formula is C60H76N4O20. The van der Waals surface area contributed by atoms with E-state index in [4.69, 9.17) is 18.9 Å². The minimum atomic E-state index is -0.591. The van der Waals surface area contributed by atoms with Crippen molar-refractivity contribution >= 4 is 47.0 Å². The van der Waals surface area contributed by atoms with Crippen molar-refractivity contribution in [3.05, 3.63) is 111 Å².